The number of nitro groups is 1. The van der Waals surface area contributed by atoms with Crippen molar-refractivity contribution in [2.24, 2.45) is 10.9 Å². The fourth-order valence-electron chi connectivity index (χ4n) is 1.63. The maximum atomic E-state index is 10.9. The third-order valence-corrected chi connectivity index (χ3v) is 3.63. The lowest BCUT2D eigenvalue weighted by atomic mass is 10.2. The van der Waals surface area contributed by atoms with Gasteiger partial charge < -0.3 is 10.9 Å². The van der Waals surface area contributed by atoms with Gasteiger partial charge in [-0.3, -0.25) is 10.1 Å². The monoisotopic (exact) mass is 304 g/mol. The van der Waals surface area contributed by atoms with E-state index < -0.39 is 4.92 Å². The van der Waals surface area contributed by atoms with Gasteiger partial charge in [0.15, 0.2) is 11.5 Å². The Morgan fingerprint density at radius 3 is 2.67 bits per heavy atom. The second-order valence-corrected chi connectivity index (χ2v) is 5.03. The normalized spacial score (nSPS) is 11.3. The number of amidine groups is 1. The van der Waals surface area contributed by atoms with Crippen LogP contribution in [-0.2, 0) is 5.75 Å². The van der Waals surface area contributed by atoms with E-state index in [0.717, 1.165) is 5.56 Å². The number of oxime groups is 1. The zero-order valence-corrected chi connectivity index (χ0v) is 11.7. The van der Waals surface area contributed by atoms with E-state index in [0.29, 0.717) is 10.8 Å². The van der Waals surface area contributed by atoms with E-state index in [4.69, 9.17) is 10.9 Å². The highest BCUT2D eigenvalue weighted by Crippen LogP contribution is 2.25. The molecular formula is C13H12N4O3S. The smallest absolute Gasteiger partial charge is 0.298 e. The van der Waals surface area contributed by atoms with Crippen LogP contribution in [0.25, 0.3) is 0 Å². The highest BCUT2D eigenvalue weighted by molar-refractivity contribution is 7.98. The second kappa shape index (κ2) is 6.71. The highest BCUT2D eigenvalue weighted by Gasteiger charge is 2.19. The fourth-order valence-corrected chi connectivity index (χ4v) is 2.46. The molecule has 0 unspecified atom stereocenters. The Morgan fingerprint density at radius 2 is 2.05 bits per heavy atom. The molecule has 1 aromatic carbocycles. The molecule has 0 aliphatic rings. The van der Waals surface area contributed by atoms with E-state index >= 15 is 0 Å². The van der Waals surface area contributed by atoms with Crippen molar-refractivity contribution in [3.05, 3.63) is 63.8 Å². The molecule has 2 aromatic rings. The molecule has 108 valence electrons. The molecular weight excluding hydrogens is 292 g/mol. The number of rotatable bonds is 5. The summed E-state index contributed by atoms with van der Waals surface area (Å²) in [4.78, 5) is 14.4. The third kappa shape index (κ3) is 3.69. The van der Waals surface area contributed by atoms with E-state index in [9.17, 15) is 10.1 Å². The van der Waals surface area contributed by atoms with Gasteiger partial charge in [-0.05, 0) is 11.6 Å². The summed E-state index contributed by atoms with van der Waals surface area (Å²) in [6, 6.07) is 12.6. The van der Waals surface area contributed by atoms with Crippen LogP contribution >= 0.6 is 11.8 Å². The number of nitrogens with zero attached hydrogens (tertiary/aromatic N) is 3. The van der Waals surface area contributed by atoms with Crippen molar-refractivity contribution in [1.29, 1.82) is 0 Å². The minimum absolute atomic E-state index is 0.138. The molecule has 0 aliphatic heterocycles. The molecule has 0 fully saturated rings. The Morgan fingerprint density at radius 1 is 1.33 bits per heavy atom. The van der Waals surface area contributed by atoms with Crippen LogP contribution < -0.4 is 5.73 Å². The molecule has 3 N–H and O–H groups in total. The summed E-state index contributed by atoms with van der Waals surface area (Å²) in [6.45, 7) is 0. The lowest BCUT2D eigenvalue weighted by molar-refractivity contribution is -0.385. The van der Waals surface area contributed by atoms with Gasteiger partial charge in [-0.1, -0.05) is 35.5 Å². The zero-order valence-electron chi connectivity index (χ0n) is 10.8. The molecule has 0 atom stereocenters. The number of nitrogens with two attached hydrogens (primary N) is 1. The quantitative estimate of drug-likeness (QED) is 0.219. The van der Waals surface area contributed by atoms with E-state index in [1.54, 1.807) is 6.07 Å². The summed E-state index contributed by atoms with van der Waals surface area (Å²) in [5, 5.41) is 22.9. The van der Waals surface area contributed by atoms with Gasteiger partial charge >= 0.3 is 0 Å². The van der Waals surface area contributed by atoms with Gasteiger partial charge in [0.05, 0.1) is 9.95 Å². The van der Waals surface area contributed by atoms with Gasteiger partial charge in [0.1, 0.15) is 0 Å². The molecule has 21 heavy (non-hydrogen) atoms. The molecule has 0 saturated carbocycles. The summed E-state index contributed by atoms with van der Waals surface area (Å²) in [5.41, 5.74) is 6.10. The number of hydrogen-bond acceptors (Lipinski definition) is 6. The van der Waals surface area contributed by atoms with Crippen LogP contribution in [0.15, 0.2) is 52.6 Å². The molecule has 0 radical (unpaired) electrons. The molecule has 0 amide bonds. The van der Waals surface area contributed by atoms with Crippen LogP contribution in [0.4, 0.5) is 5.69 Å². The predicted octanol–water partition coefficient (Wildman–Crippen LogP) is 2.38. The Balaban J connectivity index is 2.23. The molecule has 0 bridgehead atoms. The van der Waals surface area contributed by atoms with Gasteiger partial charge in [0.25, 0.3) is 5.69 Å². The zero-order chi connectivity index (χ0) is 15.2. The first kappa shape index (κ1) is 14.8. The first-order chi connectivity index (χ1) is 10.1. The first-order valence-corrected chi connectivity index (χ1v) is 6.90. The molecule has 7 nitrogen and oxygen atoms in total. The van der Waals surface area contributed by atoms with Crippen LogP contribution in [0.5, 0.6) is 0 Å². The first-order valence-electron chi connectivity index (χ1n) is 5.92. The van der Waals surface area contributed by atoms with Crippen molar-refractivity contribution < 1.29 is 10.1 Å². The summed E-state index contributed by atoms with van der Waals surface area (Å²) in [7, 11) is 0. The molecule has 0 spiro atoms. The number of thioether (sulfide) groups is 1. The standard InChI is InChI=1S/C13H12N4O3S/c14-13(16-18)12-10(17(19)20)6-7-11(15-12)21-8-9-4-2-1-3-5-9/h1-7,18H,8H2,(H2,14,16). The fraction of sp³-hybridized carbons (Fsp3) is 0.0769. The van der Waals surface area contributed by atoms with E-state index in [-0.39, 0.29) is 17.2 Å². The molecule has 2 rings (SSSR count). The molecule has 1 aromatic heterocycles. The van der Waals surface area contributed by atoms with Crippen LogP contribution in [0.2, 0.25) is 0 Å². The minimum Gasteiger partial charge on any atom is -0.409 e. The van der Waals surface area contributed by atoms with E-state index in [1.165, 1.54) is 17.8 Å². The number of hydrogen-bond donors (Lipinski definition) is 2. The lowest BCUT2D eigenvalue weighted by Gasteiger charge is -2.04. The maximum absolute atomic E-state index is 10.9. The van der Waals surface area contributed by atoms with Crippen molar-refractivity contribution in [2.45, 2.75) is 10.8 Å². The van der Waals surface area contributed by atoms with Gasteiger partial charge in [0.2, 0.25) is 0 Å². The average molecular weight is 304 g/mol. The molecule has 0 saturated heterocycles. The highest BCUT2D eigenvalue weighted by atomic mass is 32.2. The topological polar surface area (TPSA) is 115 Å². The average Bonchev–Trinajstić information content (AvgIpc) is 2.52. The lowest BCUT2D eigenvalue weighted by Crippen LogP contribution is -2.17. The number of pyridine rings is 1. The SMILES string of the molecule is N/C(=N/O)c1nc(SCc2ccccc2)ccc1[N+](=O)[O-]. The van der Waals surface area contributed by atoms with Crippen molar-refractivity contribution >= 4 is 23.3 Å². The minimum atomic E-state index is -0.619. The summed E-state index contributed by atoms with van der Waals surface area (Å²) >= 11 is 1.41. The predicted molar refractivity (Wildman–Crippen MR) is 79.4 cm³/mol. The molecule has 0 aliphatic carbocycles. The van der Waals surface area contributed by atoms with Gasteiger partial charge in [-0.25, -0.2) is 4.98 Å². The van der Waals surface area contributed by atoms with Gasteiger partial charge in [-0.2, -0.15) is 0 Å². The second-order valence-electron chi connectivity index (χ2n) is 4.03. The number of benzene rings is 1. The largest absolute Gasteiger partial charge is 0.409 e. The van der Waals surface area contributed by atoms with Crippen molar-refractivity contribution in [2.75, 3.05) is 0 Å². The van der Waals surface area contributed by atoms with Crippen molar-refractivity contribution in [1.82, 2.24) is 4.98 Å². The van der Waals surface area contributed by atoms with Crippen molar-refractivity contribution in [3.8, 4) is 0 Å². The maximum Gasteiger partial charge on any atom is 0.298 e. The van der Waals surface area contributed by atoms with Crippen molar-refractivity contribution in [3.63, 3.8) is 0 Å². The van der Waals surface area contributed by atoms with Crippen LogP contribution in [-0.4, -0.2) is 21.0 Å². The van der Waals surface area contributed by atoms with Gasteiger partial charge in [-0.15, -0.1) is 11.8 Å². The Bertz CT molecular complexity index is 676. The summed E-state index contributed by atoms with van der Waals surface area (Å²) in [6.07, 6.45) is 0. The van der Waals surface area contributed by atoms with Crippen LogP contribution in [0.1, 0.15) is 11.3 Å². The molecule has 8 heteroatoms. The summed E-state index contributed by atoms with van der Waals surface area (Å²) < 4.78 is 0. The molecule has 1 heterocycles. The third-order valence-electron chi connectivity index (χ3n) is 2.62. The van der Waals surface area contributed by atoms with E-state index in [1.807, 2.05) is 30.3 Å². The Kier molecular flexibility index (Phi) is 4.72. The number of aromatic nitrogens is 1. The van der Waals surface area contributed by atoms with Gasteiger partial charge in [0, 0.05) is 11.8 Å². The van der Waals surface area contributed by atoms with E-state index in [2.05, 4.69) is 10.1 Å². The van der Waals surface area contributed by atoms with Crippen LogP contribution in [0.3, 0.4) is 0 Å². The Hall–Kier alpha value is -2.61. The Labute approximate surface area is 124 Å². The van der Waals surface area contributed by atoms with Crippen LogP contribution in [0, 0.1) is 10.1 Å². The summed E-state index contributed by atoms with van der Waals surface area (Å²) in [5.74, 6) is 0.283.